The summed E-state index contributed by atoms with van der Waals surface area (Å²) < 4.78 is 29.7. The Morgan fingerprint density at radius 2 is 2.09 bits per heavy atom. The number of benzene rings is 1. The molecule has 2 N–H and O–H groups in total. The molecule has 0 saturated heterocycles. The molecule has 4 heterocycles. The Kier molecular flexibility index (Phi) is 4.88. The number of nitrogens with one attached hydrogen (secondary N) is 2. The van der Waals surface area contributed by atoms with E-state index >= 15 is 0 Å². The van der Waals surface area contributed by atoms with Crippen molar-refractivity contribution in [1.82, 2.24) is 25.1 Å². The molecule has 3 aromatic heterocycles. The zero-order chi connectivity index (χ0) is 22.4. The second-order valence-corrected chi connectivity index (χ2v) is 7.90. The van der Waals surface area contributed by atoms with Gasteiger partial charge in [-0.3, -0.25) is 9.48 Å². The van der Waals surface area contributed by atoms with Crippen LogP contribution in [0.1, 0.15) is 34.3 Å². The van der Waals surface area contributed by atoms with Gasteiger partial charge in [-0.05, 0) is 42.2 Å². The second kappa shape index (κ2) is 7.74. The normalized spacial score (nSPS) is 13.6. The Morgan fingerprint density at radius 3 is 2.81 bits per heavy atom. The Morgan fingerprint density at radius 1 is 1.25 bits per heavy atom. The van der Waals surface area contributed by atoms with E-state index in [0.29, 0.717) is 29.1 Å². The summed E-state index contributed by atoms with van der Waals surface area (Å²) in [6.45, 7) is 0.653. The summed E-state index contributed by atoms with van der Waals surface area (Å²) in [4.78, 5) is 21.8. The van der Waals surface area contributed by atoms with Gasteiger partial charge in [0, 0.05) is 55.2 Å². The molecule has 5 rings (SSSR count). The van der Waals surface area contributed by atoms with Crippen LogP contribution in [0.5, 0.6) is 0 Å². The lowest BCUT2D eigenvalue weighted by atomic mass is 9.93. The Labute approximate surface area is 183 Å². The van der Waals surface area contributed by atoms with Crippen LogP contribution in [0.15, 0.2) is 43.0 Å². The number of hydrogen-bond donors (Lipinski definition) is 2. The van der Waals surface area contributed by atoms with Gasteiger partial charge in [0.15, 0.2) is 0 Å². The predicted octanol–water partition coefficient (Wildman–Crippen LogP) is 4.34. The minimum atomic E-state index is -2.63. The molecule has 0 spiro atoms. The maximum absolute atomic E-state index is 14.1. The first-order valence-electron chi connectivity index (χ1n) is 10.4. The monoisotopic (exact) mass is 436 g/mol. The lowest BCUT2D eigenvalue weighted by Gasteiger charge is -2.31. The molecule has 0 bridgehead atoms. The molecule has 0 aliphatic carbocycles. The van der Waals surface area contributed by atoms with Crippen LogP contribution in [0.4, 0.5) is 20.3 Å². The first kappa shape index (κ1) is 20.2. The fraction of sp³-hybridized carbons (Fsp3) is 0.261. The van der Waals surface area contributed by atoms with Crippen LogP contribution in [0.3, 0.4) is 0 Å². The Bertz CT molecular complexity index is 1330. The molecule has 4 aromatic rings. The van der Waals surface area contributed by atoms with E-state index in [4.69, 9.17) is 0 Å². The zero-order valence-electron chi connectivity index (χ0n) is 17.7. The van der Waals surface area contributed by atoms with E-state index in [9.17, 15) is 13.6 Å². The molecule has 7 nitrogen and oxygen atoms in total. The first-order chi connectivity index (χ1) is 15.5. The number of anilines is 2. The third kappa shape index (κ3) is 3.30. The molecule has 1 aromatic carbocycles. The number of aromatic nitrogens is 4. The van der Waals surface area contributed by atoms with Gasteiger partial charge >= 0.3 is 0 Å². The van der Waals surface area contributed by atoms with Crippen molar-refractivity contribution in [3.63, 3.8) is 0 Å². The summed E-state index contributed by atoms with van der Waals surface area (Å²) >= 11 is 0. The smallest absolute Gasteiger partial charge is 0.264 e. The van der Waals surface area contributed by atoms with E-state index in [2.05, 4.69) is 20.4 Å². The van der Waals surface area contributed by atoms with E-state index in [1.54, 1.807) is 49.6 Å². The molecule has 0 radical (unpaired) electrons. The largest absolute Gasteiger partial charge is 0.359 e. The number of fused-ring (bicyclic) bond motifs is 2. The number of rotatable bonds is 4. The standard InChI is InChI=1S/C23H22F2N6O/c1-26-23(32)18-10-27-19-11-28-21(8-16(18)19)31-5-3-4-13-6-15(14-9-29-30(2)12-14)17(22(24)25)7-20(13)31/h6-12,22,27H,3-5H2,1-2H3,(H,26,32). The van der Waals surface area contributed by atoms with Gasteiger partial charge in [-0.25, -0.2) is 13.8 Å². The number of nitrogens with zero attached hydrogens (tertiary/aromatic N) is 4. The molecule has 164 valence electrons. The van der Waals surface area contributed by atoms with Gasteiger partial charge in [-0.1, -0.05) is 0 Å². The number of amides is 1. The van der Waals surface area contributed by atoms with E-state index in [0.717, 1.165) is 35.0 Å². The number of hydrogen-bond acceptors (Lipinski definition) is 4. The minimum absolute atomic E-state index is 0.0302. The average Bonchev–Trinajstić information content (AvgIpc) is 3.43. The van der Waals surface area contributed by atoms with Crippen molar-refractivity contribution in [1.29, 1.82) is 0 Å². The summed E-state index contributed by atoms with van der Waals surface area (Å²) in [5.41, 5.74) is 4.12. The highest BCUT2D eigenvalue weighted by Crippen LogP contribution is 2.41. The number of aryl methyl sites for hydroxylation is 2. The number of halogens is 2. The Hall–Kier alpha value is -3.75. The van der Waals surface area contributed by atoms with Crippen molar-refractivity contribution in [3.8, 4) is 11.1 Å². The number of alkyl halides is 2. The molecule has 0 fully saturated rings. The minimum Gasteiger partial charge on any atom is -0.359 e. The lowest BCUT2D eigenvalue weighted by Crippen LogP contribution is -2.25. The van der Waals surface area contributed by atoms with E-state index in [1.165, 1.54) is 0 Å². The number of H-pyrrole nitrogens is 1. The van der Waals surface area contributed by atoms with Gasteiger partial charge < -0.3 is 15.2 Å². The van der Waals surface area contributed by atoms with E-state index < -0.39 is 6.43 Å². The molecule has 1 aliphatic rings. The third-order valence-corrected chi connectivity index (χ3v) is 5.92. The summed E-state index contributed by atoms with van der Waals surface area (Å²) in [6, 6.07) is 5.26. The van der Waals surface area contributed by atoms with Crippen LogP contribution in [-0.4, -0.2) is 39.2 Å². The van der Waals surface area contributed by atoms with Crippen molar-refractivity contribution in [2.24, 2.45) is 7.05 Å². The van der Waals surface area contributed by atoms with Gasteiger partial charge in [0.05, 0.1) is 23.5 Å². The number of pyridine rings is 1. The second-order valence-electron chi connectivity index (χ2n) is 7.90. The molecule has 9 heteroatoms. The highest BCUT2D eigenvalue weighted by Gasteiger charge is 2.25. The summed E-state index contributed by atoms with van der Waals surface area (Å²) in [5, 5.41) is 7.51. The van der Waals surface area contributed by atoms with Crippen LogP contribution in [0.2, 0.25) is 0 Å². The van der Waals surface area contributed by atoms with E-state index in [-0.39, 0.29) is 11.5 Å². The molecule has 0 atom stereocenters. The number of carbonyl (C=O) groups excluding carboxylic acids is 1. The molecular formula is C23H22F2N6O. The van der Waals surface area contributed by atoms with Crippen LogP contribution >= 0.6 is 0 Å². The Balaban J connectivity index is 1.63. The molecule has 32 heavy (non-hydrogen) atoms. The van der Waals surface area contributed by atoms with Crippen molar-refractivity contribution in [2.45, 2.75) is 19.3 Å². The maximum atomic E-state index is 14.1. The van der Waals surface area contributed by atoms with Crippen molar-refractivity contribution < 1.29 is 13.6 Å². The maximum Gasteiger partial charge on any atom is 0.264 e. The van der Waals surface area contributed by atoms with Crippen LogP contribution in [0, 0.1) is 0 Å². The first-order valence-corrected chi connectivity index (χ1v) is 10.4. The summed E-state index contributed by atoms with van der Waals surface area (Å²) in [6.07, 6.45) is 5.70. The molecule has 0 unspecified atom stereocenters. The van der Waals surface area contributed by atoms with Gasteiger partial charge in [-0.15, -0.1) is 0 Å². The fourth-order valence-corrected chi connectivity index (χ4v) is 4.36. The van der Waals surface area contributed by atoms with Gasteiger partial charge in [-0.2, -0.15) is 5.10 Å². The molecule has 1 amide bonds. The number of aromatic amines is 1. The van der Waals surface area contributed by atoms with Gasteiger partial charge in [0.25, 0.3) is 12.3 Å². The van der Waals surface area contributed by atoms with Crippen molar-refractivity contribution in [2.75, 3.05) is 18.5 Å². The van der Waals surface area contributed by atoms with Crippen LogP contribution < -0.4 is 10.2 Å². The van der Waals surface area contributed by atoms with Crippen molar-refractivity contribution >= 4 is 28.3 Å². The summed E-state index contributed by atoms with van der Waals surface area (Å²) in [7, 11) is 3.34. The predicted molar refractivity (Wildman–Crippen MR) is 118 cm³/mol. The SMILES string of the molecule is CNC(=O)c1c[nH]c2cnc(N3CCCc4cc(-c5cnn(C)c5)c(C(F)F)cc43)cc12. The average molecular weight is 436 g/mol. The topological polar surface area (TPSA) is 78.8 Å². The quantitative estimate of drug-likeness (QED) is 0.499. The van der Waals surface area contributed by atoms with Gasteiger partial charge in [0.1, 0.15) is 5.82 Å². The fourth-order valence-electron chi connectivity index (χ4n) is 4.36. The summed E-state index contributed by atoms with van der Waals surface area (Å²) in [5.74, 6) is 0.422. The van der Waals surface area contributed by atoms with Crippen LogP contribution in [-0.2, 0) is 13.5 Å². The van der Waals surface area contributed by atoms with E-state index in [1.807, 2.05) is 17.0 Å². The lowest BCUT2D eigenvalue weighted by molar-refractivity contribution is 0.0964. The zero-order valence-corrected chi connectivity index (χ0v) is 17.7. The number of carbonyl (C=O) groups is 1. The molecule has 1 aliphatic heterocycles. The van der Waals surface area contributed by atoms with Gasteiger partial charge in [0.2, 0.25) is 0 Å². The van der Waals surface area contributed by atoms with Crippen LogP contribution in [0.25, 0.3) is 22.0 Å². The highest BCUT2D eigenvalue weighted by molar-refractivity contribution is 6.07. The molecular weight excluding hydrogens is 414 g/mol. The van der Waals surface area contributed by atoms with Crippen molar-refractivity contribution in [3.05, 3.63) is 59.7 Å². The molecule has 0 saturated carbocycles. The third-order valence-electron chi connectivity index (χ3n) is 5.92. The highest BCUT2D eigenvalue weighted by atomic mass is 19.3.